The van der Waals surface area contributed by atoms with E-state index >= 15 is 0 Å². The predicted molar refractivity (Wildman–Crippen MR) is 65.3 cm³/mol. The second-order valence-electron chi connectivity index (χ2n) is 4.69. The lowest BCUT2D eigenvalue weighted by molar-refractivity contribution is 0.215. The van der Waals surface area contributed by atoms with E-state index in [9.17, 15) is 4.39 Å². The van der Waals surface area contributed by atoms with Crippen molar-refractivity contribution in [1.82, 2.24) is 14.9 Å². The van der Waals surface area contributed by atoms with Gasteiger partial charge in [0.25, 0.3) is 0 Å². The highest BCUT2D eigenvalue weighted by molar-refractivity contribution is 5.21. The number of likely N-dealkylation sites (tertiary alicyclic amines) is 1. The van der Waals surface area contributed by atoms with Crippen LogP contribution in [-0.2, 0) is 0 Å². The van der Waals surface area contributed by atoms with E-state index in [0.29, 0.717) is 5.95 Å². The summed E-state index contributed by atoms with van der Waals surface area (Å²) in [4.78, 5) is 10.1. The van der Waals surface area contributed by atoms with Gasteiger partial charge in [-0.2, -0.15) is 0 Å². The van der Waals surface area contributed by atoms with Crippen LogP contribution in [-0.4, -0.2) is 41.5 Å². The van der Waals surface area contributed by atoms with E-state index in [4.69, 9.17) is 0 Å². The standard InChI is InChI=1S/C12H19FN4/c1-17-6-3-10(4-7-17)2-5-14-12-15-8-11(13)9-16-12/h8-10H,2-7H2,1H3,(H,14,15,16). The molecule has 1 aromatic heterocycles. The summed E-state index contributed by atoms with van der Waals surface area (Å²) in [7, 11) is 2.17. The first-order valence-corrected chi connectivity index (χ1v) is 6.14. The fraction of sp³-hybridized carbons (Fsp3) is 0.667. The van der Waals surface area contributed by atoms with Crippen LogP contribution < -0.4 is 5.32 Å². The Morgan fingerprint density at radius 1 is 1.35 bits per heavy atom. The molecule has 1 N–H and O–H groups in total. The smallest absolute Gasteiger partial charge is 0.222 e. The van der Waals surface area contributed by atoms with E-state index in [0.717, 1.165) is 18.9 Å². The third-order valence-corrected chi connectivity index (χ3v) is 3.29. The summed E-state index contributed by atoms with van der Waals surface area (Å²) in [6, 6.07) is 0. The minimum absolute atomic E-state index is 0.397. The van der Waals surface area contributed by atoms with Crippen molar-refractivity contribution in [1.29, 1.82) is 0 Å². The Balaban J connectivity index is 1.67. The Labute approximate surface area is 101 Å². The maximum absolute atomic E-state index is 12.6. The van der Waals surface area contributed by atoms with Gasteiger partial charge < -0.3 is 10.2 Å². The summed E-state index contributed by atoms with van der Waals surface area (Å²) in [5.74, 6) is 0.907. The number of aromatic nitrogens is 2. The van der Waals surface area contributed by atoms with Crippen molar-refractivity contribution in [3.63, 3.8) is 0 Å². The topological polar surface area (TPSA) is 41.0 Å². The molecule has 1 aliphatic rings. The summed E-state index contributed by atoms with van der Waals surface area (Å²) in [6.07, 6.45) is 6.04. The Bertz CT molecular complexity index is 333. The summed E-state index contributed by atoms with van der Waals surface area (Å²) in [6.45, 7) is 3.25. The van der Waals surface area contributed by atoms with Crippen LogP contribution in [0.5, 0.6) is 0 Å². The summed E-state index contributed by atoms with van der Waals surface area (Å²) in [5.41, 5.74) is 0. The molecule has 0 unspecified atom stereocenters. The Morgan fingerprint density at radius 3 is 2.65 bits per heavy atom. The Hall–Kier alpha value is -1.23. The molecule has 0 spiro atoms. The summed E-state index contributed by atoms with van der Waals surface area (Å²) in [5, 5.41) is 3.13. The van der Waals surface area contributed by atoms with Gasteiger partial charge in [-0.15, -0.1) is 0 Å². The van der Waals surface area contributed by atoms with Crippen molar-refractivity contribution >= 4 is 5.95 Å². The average molecular weight is 238 g/mol. The number of rotatable bonds is 4. The highest BCUT2D eigenvalue weighted by Crippen LogP contribution is 2.19. The van der Waals surface area contributed by atoms with Crippen molar-refractivity contribution < 1.29 is 4.39 Å². The fourth-order valence-electron chi connectivity index (χ4n) is 2.14. The number of piperidine rings is 1. The highest BCUT2D eigenvalue weighted by Gasteiger charge is 2.15. The number of halogens is 1. The number of anilines is 1. The molecule has 0 aromatic carbocycles. The highest BCUT2D eigenvalue weighted by atomic mass is 19.1. The second-order valence-corrected chi connectivity index (χ2v) is 4.69. The van der Waals surface area contributed by atoms with Crippen LogP contribution in [0.3, 0.4) is 0 Å². The molecule has 0 radical (unpaired) electrons. The van der Waals surface area contributed by atoms with Gasteiger partial charge in [0.2, 0.25) is 5.95 Å². The molecule has 0 saturated carbocycles. The van der Waals surface area contributed by atoms with Gasteiger partial charge in [-0.3, -0.25) is 0 Å². The molecule has 2 heterocycles. The molecular formula is C12H19FN4. The monoisotopic (exact) mass is 238 g/mol. The molecule has 17 heavy (non-hydrogen) atoms. The lowest BCUT2D eigenvalue weighted by Gasteiger charge is -2.28. The van der Waals surface area contributed by atoms with Crippen molar-refractivity contribution in [3.8, 4) is 0 Å². The maximum atomic E-state index is 12.6. The zero-order valence-corrected chi connectivity index (χ0v) is 10.2. The van der Waals surface area contributed by atoms with E-state index in [1.807, 2.05) is 0 Å². The Kier molecular flexibility index (Phi) is 4.25. The fourth-order valence-corrected chi connectivity index (χ4v) is 2.14. The van der Waals surface area contributed by atoms with E-state index in [2.05, 4.69) is 27.2 Å². The van der Waals surface area contributed by atoms with Crippen molar-refractivity contribution in [2.75, 3.05) is 32.0 Å². The first-order chi connectivity index (χ1) is 8.24. The molecule has 1 aliphatic heterocycles. The minimum Gasteiger partial charge on any atom is -0.354 e. The number of hydrogen-bond acceptors (Lipinski definition) is 4. The maximum Gasteiger partial charge on any atom is 0.222 e. The molecule has 0 amide bonds. The van der Waals surface area contributed by atoms with Crippen LogP contribution in [0.2, 0.25) is 0 Å². The van der Waals surface area contributed by atoms with Gasteiger partial charge >= 0.3 is 0 Å². The second kappa shape index (κ2) is 5.91. The van der Waals surface area contributed by atoms with Gasteiger partial charge in [-0.25, -0.2) is 14.4 Å². The van der Waals surface area contributed by atoms with E-state index in [-0.39, 0.29) is 0 Å². The molecule has 1 saturated heterocycles. The zero-order valence-electron chi connectivity index (χ0n) is 10.2. The molecule has 4 nitrogen and oxygen atoms in total. The van der Waals surface area contributed by atoms with Crippen LogP contribution in [0.4, 0.5) is 10.3 Å². The number of hydrogen-bond donors (Lipinski definition) is 1. The van der Waals surface area contributed by atoms with Gasteiger partial charge in [0.15, 0.2) is 5.82 Å². The SMILES string of the molecule is CN1CCC(CCNc2ncc(F)cn2)CC1. The number of nitrogens with one attached hydrogen (secondary N) is 1. The van der Waals surface area contributed by atoms with Crippen LogP contribution in [0.1, 0.15) is 19.3 Å². The number of nitrogens with zero attached hydrogens (tertiary/aromatic N) is 3. The lowest BCUT2D eigenvalue weighted by atomic mass is 9.94. The van der Waals surface area contributed by atoms with Gasteiger partial charge in [-0.1, -0.05) is 0 Å². The molecular weight excluding hydrogens is 219 g/mol. The quantitative estimate of drug-likeness (QED) is 0.867. The van der Waals surface area contributed by atoms with Crippen molar-refractivity contribution in [3.05, 3.63) is 18.2 Å². The van der Waals surface area contributed by atoms with Crippen LogP contribution in [0.15, 0.2) is 12.4 Å². The third kappa shape index (κ3) is 3.93. The van der Waals surface area contributed by atoms with Gasteiger partial charge in [-0.05, 0) is 45.3 Å². The van der Waals surface area contributed by atoms with Gasteiger partial charge in [0, 0.05) is 6.54 Å². The molecule has 1 fully saturated rings. The summed E-state index contributed by atoms with van der Waals surface area (Å²) < 4.78 is 12.6. The predicted octanol–water partition coefficient (Wildman–Crippen LogP) is 1.76. The van der Waals surface area contributed by atoms with Crippen LogP contribution in [0, 0.1) is 11.7 Å². The molecule has 94 valence electrons. The largest absolute Gasteiger partial charge is 0.354 e. The van der Waals surface area contributed by atoms with Gasteiger partial charge in [0.05, 0.1) is 12.4 Å². The zero-order chi connectivity index (χ0) is 12.1. The summed E-state index contributed by atoms with van der Waals surface area (Å²) >= 11 is 0. The molecule has 0 aliphatic carbocycles. The van der Waals surface area contributed by atoms with Crippen LogP contribution >= 0.6 is 0 Å². The molecule has 0 atom stereocenters. The van der Waals surface area contributed by atoms with E-state index in [1.165, 1.54) is 38.3 Å². The van der Waals surface area contributed by atoms with Crippen molar-refractivity contribution in [2.24, 2.45) is 5.92 Å². The van der Waals surface area contributed by atoms with Crippen LogP contribution in [0.25, 0.3) is 0 Å². The van der Waals surface area contributed by atoms with Crippen molar-refractivity contribution in [2.45, 2.75) is 19.3 Å². The minimum atomic E-state index is -0.397. The van der Waals surface area contributed by atoms with E-state index in [1.54, 1.807) is 0 Å². The Morgan fingerprint density at radius 2 is 2.00 bits per heavy atom. The molecule has 2 rings (SSSR count). The van der Waals surface area contributed by atoms with E-state index < -0.39 is 5.82 Å². The first kappa shape index (κ1) is 12.2. The first-order valence-electron chi connectivity index (χ1n) is 6.14. The average Bonchev–Trinajstić information content (AvgIpc) is 2.34. The van der Waals surface area contributed by atoms with Gasteiger partial charge in [0.1, 0.15) is 0 Å². The third-order valence-electron chi connectivity index (χ3n) is 3.29. The molecule has 0 bridgehead atoms. The lowest BCUT2D eigenvalue weighted by Crippen LogP contribution is -2.30. The molecule has 5 heteroatoms. The normalized spacial score (nSPS) is 18.2. The molecule has 1 aromatic rings.